The van der Waals surface area contributed by atoms with Gasteiger partial charge in [-0.05, 0) is 24.3 Å². The Morgan fingerprint density at radius 2 is 1.71 bits per heavy atom. The van der Waals surface area contributed by atoms with Gasteiger partial charge in [0.2, 0.25) is 0 Å². The number of likely N-dealkylation sites (N-methyl/N-ethyl adjacent to an activating group) is 1. The van der Waals surface area contributed by atoms with E-state index in [1.54, 1.807) is 24.3 Å². The molecular formula is C17H25N2O5+. The molecule has 0 aromatic heterocycles. The largest absolute Gasteiger partial charge is 0.488 e. The third-order valence-corrected chi connectivity index (χ3v) is 3.03. The molecule has 0 amide bonds. The molecule has 0 fully saturated rings. The Hall–Kier alpha value is -2.54. The summed E-state index contributed by atoms with van der Waals surface area (Å²) < 4.78 is 15.6. The average molecular weight is 337 g/mol. The number of methoxy groups -OCH3 is 2. The lowest BCUT2D eigenvalue weighted by Crippen LogP contribution is -2.38. The summed E-state index contributed by atoms with van der Waals surface area (Å²) in [5.74, 6) is -0.586. The monoisotopic (exact) mass is 337 g/mol. The molecule has 0 radical (unpaired) electrons. The summed E-state index contributed by atoms with van der Waals surface area (Å²) in [6.07, 6.45) is 1.04. The first kappa shape index (κ1) is 19.5. The van der Waals surface area contributed by atoms with Crippen molar-refractivity contribution in [3.05, 3.63) is 36.0 Å². The second-order valence-electron chi connectivity index (χ2n) is 6.08. The van der Waals surface area contributed by atoms with Crippen molar-refractivity contribution in [3.8, 4) is 5.75 Å². The molecule has 24 heavy (non-hydrogen) atoms. The molecule has 0 saturated heterocycles. The van der Waals surface area contributed by atoms with Crippen LogP contribution in [0.3, 0.4) is 0 Å². The predicted octanol–water partition coefficient (Wildman–Crippen LogP) is 1.41. The molecule has 1 aromatic carbocycles. The first-order chi connectivity index (χ1) is 11.2. The SMILES string of the molecule is COC(=O)/C=C(/Nc1ccc(OCC[N+](C)(C)C)cc1)C(=O)OC. The molecule has 0 aliphatic carbocycles. The molecule has 0 aliphatic heterocycles. The minimum absolute atomic E-state index is 0.0111. The van der Waals surface area contributed by atoms with E-state index < -0.39 is 11.9 Å². The fourth-order valence-electron chi connectivity index (χ4n) is 1.66. The fourth-order valence-corrected chi connectivity index (χ4v) is 1.66. The maximum Gasteiger partial charge on any atom is 0.354 e. The lowest BCUT2D eigenvalue weighted by molar-refractivity contribution is -0.870. The summed E-state index contributed by atoms with van der Waals surface area (Å²) in [5.41, 5.74) is 0.609. The number of anilines is 1. The van der Waals surface area contributed by atoms with Crippen LogP contribution in [0.1, 0.15) is 0 Å². The van der Waals surface area contributed by atoms with E-state index in [1.165, 1.54) is 14.2 Å². The van der Waals surface area contributed by atoms with Crippen LogP contribution in [-0.4, -0.2) is 64.9 Å². The fraction of sp³-hybridized carbons (Fsp3) is 0.412. The number of hydrogen-bond acceptors (Lipinski definition) is 6. The molecule has 0 heterocycles. The Labute approximate surface area is 142 Å². The number of esters is 2. The quantitative estimate of drug-likeness (QED) is 0.439. The number of ether oxygens (including phenoxy) is 3. The minimum Gasteiger partial charge on any atom is -0.488 e. The van der Waals surface area contributed by atoms with Crippen molar-refractivity contribution in [1.29, 1.82) is 0 Å². The van der Waals surface area contributed by atoms with Gasteiger partial charge in [-0.1, -0.05) is 0 Å². The van der Waals surface area contributed by atoms with Crippen molar-refractivity contribution in [2.45, 2.75) is 0 Å². The number of nitrogens with one attached hydrogen (secondary N) is 1. The summed E-state index contributed by atoms with van der Waals surface area (Å²) in [4.78, 5) is 23.0. The summed E-state index contributed by atoms with van der Waals surface area (Å²) >= 11 is 0. The van der Waals surface area contributed by atoms with Gasteiger partial charge in [0, 0.05) is 5.69 Å². The molecule has 0 spiro atoms. The zero-order chi connectivity index (χ0) is 18.2. The molecule has 132 valence electrons. The average Bonchev–Trinajstić information content (AvgIpc) is 2.53. The maximum absolute atomic E-state index is 11.7. The van der Waals surface area contributed by atoms with Crippen LogP contribution in [-0.2, 0) is 19.1 Å². The number of quaternary nitrogens is 1. The van der Waals surface area contributed by atoms with Crippen molar-refractivity contribution in [3.63, 3.8) is 0 Å². The Morgan fingerprint density at radius 3 is 2.21 bits per heavy atom. The van der Waals surface area contributed by atoms with Gasteiger partial charge >= 0.3 is 11.9 Å². The van der Waals surface area contributed by atoms with E-state index >= 15 is 0 Å². The van der Waals surface area contributed by atoms with Gasteiger partial charge in [-0.2, -0.15) is 0 Å². The van der Waals surface area contributed by atoms with Crippen LogP contribution in [0.15, 0.2) is 36.0 Å². The number of carbonyl (C=O) groups excluding carboxylic acids is 2. The van der Waals surface area contributed by atoms with Crippen molar-refractivity contribution in [2.24, 2.45) is 0 Å². The molecular weight excluding hydrogens is 312 g/mol. The number of hydrogen-bond donors (Lipinski definition) is 1. The molecule has 7 nitrogen and oxygen atoms in total. The highest BCUT2D eigenvalue weighted by atomic mass is 16.5. The van der Waals surface area contributed by atoms with Crippen molar-refractivity contribution >= 4 is 17.6 Å². The normalized spacial score (nSPS) is 11.6. The molecule has 1 rings (SSSR count). The van der Waals surface area contributed by atoms with Crippen LogP contribution < -0.4 is 10.1 Å². The minimum atomic E-state index is -0.663. The zero-order valence-electron chi connectivity index (χ0n) is 14.8. The molecule has 7 heteroatoms. The van der Waals surface area contributed by atoms with Gasteiger partial charge in [0.1, 0.15) is 24.6 Å². The highest BCUT2D eigenvalue weighted by Crippen LogP contribution is 2.17. The van der Waals surface area contributed by atoms with Crippen LogP contribution in [0, 0.1) is 0 Å². The van der Waals surface area contributed by atoms with Crippen molar-refractivity contribution in [2.75, 3.05) is 53.8 Å². The van der Waals surface area contributed by atoms with Crippen molar-refractivity contribution in [1.82, 2.24) is 0 Å². The topological polar surface area (TPSA) is 73.9 Å². The van der Waals surface area contributed by atoms with Crippen LogP contribution in [0.2, 0.25) is 0 Å². The Bertz CT molecular complexity index is 588. The van der Waals surface area contributed by atoms with Crippen LogP contribution in [0.4, 0.5) is 5.69 Å². The Kier molecular flexibility index (Phi) is 7.26. The molecule has 1 N–H and O–H groups in total. The van der Waals surface area contributed by atoms with Gasteiger partial charge in [-0.15, -0.1) is 0 Å². The van der Waals surface area contributed by atoms with Gasteiger partial charge < -0.3 is 24.0 Å². The summed E-state index contributed by atoms with van der Waals surface area (Å²) in [7, 11) is 8.76. The standard InChI is InChI=1S/C17H24N2O5/c1-19(2,3)10-11-24-14-8-6-13(7-9-14)18-15(17(21)23-5)12-16(20)22-4/h6-9,12H,10-11H2,1-5H3/p+1. The van der Waals surface area contributed by atoms with E-state index in [1.807, 2.05) is 0 Å². The Morgan fingerprint density at radius 1 is 1.08 bits per heavy atom. The van der Waals surface area contributed by atoms with Gasteiger partial charge in [-0.3, -0.25) is 0 Å². The van der Waals surface area contributed by atoms with E-state index in [4.69, 9.17) is 4.74 Å². The van der Waals surface area contributed by atoms with Gasteiger partial charge in [-0.25, -0.2) is 9.59 Å². The highest BCUT2D eigenvalue weighted by Gasteiger charge is 2.13. The van der Waals surface area contributed by atoms with Gasteiger partial charge in [0.15, 0.2) is 0 Å². The molecule has 0 atom stereocenters. The molecule has 0 aliphatic rings. The zero-order valence-corrected chi connectivity index (χ0v) is 14.8. The number of benzene rings is 1. The Balaban J connectivity index is 2.71. The van der Waals surface area contributed by atoms with Crippen LogP contribution in [0.5, 0.6) is 5.75 Å². The van der Waals surface area contributed by atoms with E-state index in [9.17, 15) is 9.59 Å². The summed E-state index contributed by atoms with van der Waals surface area (Å²) in [5, 5.41) is 2.83. The maximum atomic E-state index is 11.7. The first-order valence-corrected chi connectivity index (χ1v) is 7.43. The third kappa shape index (κ3) is 7.15. The summed E-state index contributed by atoms with van der Waals surface area (Å²) in [6.45, 7) is 1.49. The summed E-state index contributed by atoms with van der Waals surface area (Å²) in [6, 6.07) is 7.06. The molecule has 0 unspecified atom stereocenters. The van der Waals surface area contributed by atoms with Crippen LogP contribution in [0.25, 0.3) is 0 Å². The first-order valence-electron chi connectivity index (χ1n) is 7.43. The van der Waals surface area contributed by atoms with Gasteiger partial charge in [0.25, 0.3) is 0 Å². The van der Waals surface area contributed by atoms with Crippen molar-refractivity contribution < 1.29 is 28.3 Å². The van der Waals surface area contributed by atoms with E-state index in [2.05, 4.69) is 35.9 Å². The lowest BCUT2D eigenvalue weighted by atomic mass is 10.2. The van der Waals surface area contributed by atoms with Gasteiger partial charge in [0.05, 0.1) is 41.4 Å². The van der Waals surface area contributed by atoms with E-state index in [-0.39, 0.29) is 5.70 Å². The second kappa shape index (κ2) is 8.93. The number of rotatable bonds is 8. The smallest absolute Gasteiger partial charge is 0.354 e. The number of carbonyl (C=O) groups is 2. The van der Waals surface area contributed by atoms with E-state index in [0.29, 0.717) is 12.3 Å². The molecule has 1 aromatic rings. The van der Waals surface area contributed by atoms with Crippen LogP contribution >= 0.6 is 0 Å². The lowest BCUT2D eigenvalue weighted by Gasteiger charge is -2.23. The third-order valence-electron chi connectivity index (χ3n) is 3.03. The molecule has 0 saturated carbocycles. The second-order valence-corrected chi connectivity index (χ2v) is 6.08. The number of nitrogens with zero attached hydrogens (tertiary/aromatic N) is 1. The predicted molar refractivity (Wildman–Crippen MR) is 90.6 cm³/mol. The van der Waals surface area contributed by atoms with E-state index in [0.717, 1.165) is 22.9 Å². The molecule has 0 bridgehead atoms. The highest BCUT2D eigenvalue weighted by molar-refractivity contribution is 5.98.